The number of thiophene rings is 1. The SMILES string of the molecule is CCc1csc(C2CCCN(C(=O)NCc3ccc(Cl)s3)C2)n1. The number of thiazole rings is 1. The number of aromatic nitrogens is 1. The van der Waals surface area contributed by atoms with E-state index in [1.54, 1.807) is 11.3 Å². The van der Waals surface area contributed by atoms with E-state index in [1.807, 2.05) is 17.0 Å². The number of nitrogens with one attached hydrogen (secondary N) is 1. The Morgan fingerprint density at radius 2 is 2.39 bits per heavy atom. The second-order valence-corrected chi connectivity index (χ2v) is 8.37. The molecule has 1 unspecified atom stereocenters. The third kappa shape index (κ3) is 4.25. The molecule has 2 aromatic rings. The quantitative estimate of drug-likeness (QED) is 0.861. The number of amides is 2. The summed E-state index contributed by atoms with van der Waals surface area (Å²) in [6.45, 7) is 4.23. The molecule has 1 saturated heterocycles. The lowest BCUT2D eigenvalue weighted by molar-refractivity contribution is 0.179. The molecule has 0 saturated carbocycles. The monoisotopic (exact) mass is 369 g/mol. The second-order valence-electron chi connectivity index (χ2n) is 5.68. The number of aryl methyl sites for hydroxylation is 1. The summed E-state index contributed by atoms with van der Waals surface area (Å²) in [6.07, 6.45) is 3.11. The highest BCUT2D eigenvalue weighted by Gasteiger charge is 2.26. The molecule has 0 bridgehead atoms. The standard InChI is InChI=1S/C16H20ClN3OS2/c1-2-12-10-22-15(19-12)11-4-3-7-20(9-11)16(21)18-8-13-5-6-14(17)23-13/h5-6,10-11H,2-4,7-9H2,1H3,(H,18,21). The highest BCUT2D eigenvalue weighted by Crippen LogP contribution is 2.29. The molecule has 0 spiro atoms. The van der Waals surface area contributed by atoms with Gasteiger partial charge in [-0.05, 0) is 31.4 Å². The molecule has 2 amide bonds. The van der Waals surface area contributed by atoms with Gasteiger partial charge in [0.25, 0.3) is 0 Å². The number of rotatable bonds is 4. The van der Waals surface area contributed by atoms with Crippen molar-refractivity contribution in [3.8, 4) is 0 Å². The average molecular weight is 370 g/mol. The molecule has 124 valence electrons. The first-order chi connectivity index (χ1) is 11.2. The molecule has 1 aliphatic heterocycles. The van der Waals surface area contributed by atoms with E-state index in [0.717, 1.165) is 47.3 Å². The van der Waals surface area contributed by atoms with Crippen LogP contribution in [0.1, 0.15) is 41.3 Å². The normalized spacial score (nSPS) is 18.2. The Kier molecular flexibility index (Phi) is 5.56. The molecule has 0 radical (unpaired) electrons. The van der Waals surface area contributed by atoms with Crippen LogP contribution in [0.25, 0.3) is 0 Å². The van der Waals surface area contributed by atoms with E-state index in [9.17, 15) is 4.79 Å². The van der Waals surface area contributed by atoms with Crippen molar-refractivity contribution in [3.63, 3.8) is 0 Å². The molecular weight excluding hydrogens is 350 g/mol. The average Bonchev–Trinajstić information content (AvgIpc) is 3.21. The van der Waals surface area contributed by atoms with Crippen LogP contribution in [-0.2, 0) is 13.0 Å². The number of likely N-dealkylation sites (tertiary alicyclic amines) is 1. The Hall–Kier alpha value is -1.11. The Labute approximate surface area is 149 Å². The third-order valence-corrected chi connectivity index (χ3v) is 6.32. The molecule has 0 aliphatic carbocycles. The van der Waals surface area contributed by atoms with Gasteiger partial charge in [0.2, 0.25) is 0 Å². The van der Waals surface area contributed by atoms with Gasteiger partial charge in [0.05, 0.1) is 21.6 Å². The molecule has 1 atom stereocenters. The zero-order valence-electron chi connectivity index (χ0n) is 13.0. The number of nitrogens with zero attached hydrogens (tertiary/aromatic N) is 2. The van der Waals surface area contributed by atoms with Crippen molar-refractivity contribution in [2.24, 2.45) is 0 Å². The van der Waals surface area contributed by atoms with Crippen LogP contribution in [-0.4, -0.2) is 29.0 Å². The number of halogens is 1. The molecule has 4 nitrogen and oxygen atoms in total. The van der Waals surface area contributed by atoms with E-state index in [4.69, 9.17) is 11.6 Å². The van der Waals surface area contributed by atoms with Gasteiger partial charge in [-0.1, -0.05) is 18.5 Å². The van der Waals surface area contributed by atoms with E-state index < -0.39 is 0 Å². The van der Waals surface area contributed by atoms with Gasteiger partial charge in [-0.15, -0.1) is 22.7 Å². The van der Waals surface area contributed by atoms with Crippen molar-refractivity contribution >= 4 is 40.3 Å². The van der Waals surface area contributed by atoms with Crippen molar-refractivity contribution in [2.45, 2.75) is 38.6 Å². The van der Waals surface area contributed by atoms with Gasteiger partial charge in [-0.25, -0.2) is 9.78 Å². The Morgan fingerprint density at radius 3 is 3.09 bits per heavy atom. The Bertz CT molecular complexity index is 670. The van der Waals surface area contributed by atoms with Crippen LogP contribution in [0.5, 0.6) is 0 Å². The van der Waals surface area contributed by atoms with Crippen molar-refractivity contribution in [2.75, 3.05) is 13.1 Å². The zero-order valence-corrected chi connectivity index (χ0v) is 15.4. The molecule has 1 N–H and O–H groups in total. The first-order valence-corrected chi connectivity index (χ1v) is 9.94. The van der Waals surface area contributed by atoms with Crippen LogP contribution in [0.3, 0.4) is 0 Å². The number of carbonyl (C=O) groups is 1. The largest absolute Gasteiger partial charge is 0.333 e. The number of hydrogen-bond acceptors (Lipinski definition) is 4. The predicted octanol–water partition coefficient (Wildman–Crippen LogP) is 4.51. The van der Waals surface area contributed by atoms with E-state index in [1.165, 1.54) is 16.3 Å². The third-order valence-electron chi connectivity index (χ3n) is 4.03. The van der Waals surface area contributed by atoms with E-state index in [2.05, 4.69) is 22.6 Å². The molecule has 3 heterocycles. The van der Waals surface area contributed by atoms with Gasteiger partial charge in [0, 0.05) is 29.3 Å². The van der Waals surface area contributed by atoms with Crippen molar-refractivity contribution in [3.05, 3.63) is 37.4 Å². The van der Waals surface area contributed by atoms with Crippen LogP contribution in [0, 0.1) is 0 Å². The maximum atomic E-state index is 12.4. The molecule has 1 aliphatic rings. The minimum absolute atomic E-state index is 0.00601. The fourth-order valence-corrected chi connectivity index (χ4v) is 4.82. The van der Waals surface area contributed by atoms with Crippen molar-refractivity contribution < 1.29 is 4.79 Å². The number of hydrogen-bond donors (Lipinski definition) is 1. The van der Waals surface area contributed by atoms with Crippen LogP contribution in [0.15, 0.2) is 17.5 Å². The summed E-state index contributed by atoms with van der Waals surface area (Å²) in [5, 5.41) is 6.30. The number of piperidine rings is 1. The lowest BCUT2D eigenvalue weighted by Crippen LogP contribution is -2.44. The molecule has 0 aromatic carbocycles. The molecule has 23 heavy (non-hydrogen) atoms. The summed E-state index contributed by atoms with van der Waals surface area (Å²) >= 11 is 9.14. The van der Waals surface area contributed by atoms with Crippen LogP contribution in [0.4, 0.5) is 4.79 Å². The smallest absolute Gasteiger partial charge is 0.317 e. The maximum absolute atomic E-state index is 12.4. The van der Waals surface area contributed by atoms with Crippen molar-refractivity contribution in [1.82, 2.24) is 15.2 Å². The summed E-state index contributed by atoms with van der Waals surface area (Å²) in [4.78, 5) is 20.1. The highest BCUT2D eigenvalue weighted by molar-refractivity contribution is 7.16. The Balaban J connectivity index is 1.55. The van der Waals surface area contributed by atoms with E-state index in [0.29, 0.717) is 12.5 Å². The summed E-state index contributed by atoms with van der Waals surface area (Å²) in [5.41, 5.74) is 1.15. The molecule has 7 heteroatoms. The first kappa shape index (κ1) is 16.7. The zero-order chi connectivity index (χ0) is 16.2. The van der Waals surface area contributed by atoms with Gasteiger partial charge in [0.1, 0.15) is 0 Å². The van der Waals surface area contributed by atoms with Gasteiger partial charge in [-0.2, -0.15) is 0 Å². The molecule has 1 fully saturated rings. The predicted molar refractivity (Wildman–Crippen MR) is 96.6 cm³/mol. The Morgan fingerprint density at radius 1 is 1.52 bits per heavy atom. The lowest BCUT2D eigenvalue weighted by atomic mass is 9.99. The minimum Gasteiger partial charge on any atom is -0.333 e. The molecule has 3 rings (SSSR count). The number of urea groups is 1. The lowest BCUT2D eigenvalue weighted by Gasteiger charge is -2.31. The van der Waals surface area contributed by atoms with Crippen molar-refractivity contribution in [1.29, 1.82) is 0 Å². The summed E-state index contributed by atoms with van der Waals surface area (Å²) in [7, 11) is 0. The van der Waals surface area contributed by atoms with E-state index >= 15 is 0 Å². The fourth-order valence-electron chi connectivity index (χ4n) is 2.76. The van der Waals surface area contributed by atoms with Gasteiger partial charge < -0.3 is 10.2 Å². The van der Waals surface area contributed by atoms with Crippen LogP contribution < -0.4 is 5.32 Å². The van der Waals surface area contributed by atoms with Crippen LogP contribution >= 0.6 is 34.3 Å². The second kappa shape index (κ2) is 7.64. The molecule has 2 aromatic heterocycles. The minimum atomic E-state index is 0.00601. The summed E-state index contributed by atoms with van der Waals surface area (Å²) < 4.78 is 0.753. The fraction of sp³-hybridized carbons (Fsp3) is 0.500. The summed E-state index contributed by atoms with van der Waals surface area (Å²) in [5.74, 6) is 0.371. The molecular formula is C16H20ClN3OS2. The topological polar surface area (TPSA) is 45.2 Å². The highest BCUT2D eigenvalue weighted by atomic mass is 35.5. The summed E-state index contributed by atoms with van der Waals surface area (Å²) in [6, 6.07) is 3.82. The van der Waals surface area contributed by atoms with Gasteiger partial charge in [-0.3, -0.25) is 0 Å². The van der Waals surface area contributed by atoms with Gasteiger partial charge in [0.15, 0.2) is 0 Å². The number of carbonyl (C=O) groups excluding carboxylic acids is 1. The van der Waals surface area contributed by atoms with E-state index in [-0.39, 0.29) is 6.03 Å². The maximum Gasteiger partial charge on any atom is 0.317 e. The van der Waals surface area contributed by atoms with Gasteiger partial charge >= 0.3 is 6.03 Å². The van der Waals surface area contributed by atoms with Crippen LogP contribution in [0.2, 0.25) is 4.34 Å². The first-order valence-electron chi connectivity index (χ1n) is 7.87.